The third-order valence-corrected chi connectivity index (χ3v) is 3.31. The molecule has 0 saturated carbocycles. The van der Waals surface area contributed by atoms with Crippen molar-refractivity contribution in [3.8, 4) is 0 Å². The van der Waals surface area contributed by atoms with Crippen molar-refractivity contribution in [1.29, 1.82) is 0 Å². The monoisotopic (exact) mass is 307 g/mol. The first kappa shape index (κ1) is 13.5. The molecule has 0 aromatic heterocycles. The molecule has 5 heteroatoms. The number of hydrogen-bond donors (Lipinski definition) is 0. The van der Waals surface area contributed by atoms with E-state index in [-0.39, 0.29) is 17.5 Å². The van der Waals surface area contributed by atoms with Crippen LogP contribution in [0.15, 0.2) is 22.7 Å². The quantitative estimate of drug-likeness (QED) is 0.785. The number of halogens is 3. The van der Waals surface area contributed by atoms with Crippen LogP contribution in [0.2, 0.25) is 0 Å². The van der Waals surface area contributed by atoms with Crippen molar-refractivity contribution in [1.82, 2.24) is 4.90 Å². The smallest absolute Gasteiger partial charge is 0.256 e. The Labute approximate surface area is 108 Å². The fourth-order valence-electron chi connectivity index (χ4n) is 1.16. The number of benzene rings is 1. The molecular weight excluding hydrogens is 296 g/mol. The standard InChI is InChI=1S/C11H12BrClFNO/c1-7(6-13)15(2)11(16)9-4-3-8(12)5-10(9)14/h3-5,7H,6H2,1-2H3. The van der Waals surface area contributed by atoms with Crippen LogP contribution in [-0.2, 0) is 0 Å². The average molecular weight is 309 g/mol. The van der Waals surface area contributed by atoms with Crippen LogP contribution in [-0.4, -0.2) is 29.8 Å². The Bertz CT molecular complexity index is 400. The molecule has 0 aliphatic rings. The van der Waals surface area contributed by atoms with Crippen LogP contribution in [0.1, 0.15) is 17.3 Å². The van der Waals surface area contributed by atoms with Crippen LogP contribution in [0.4, 0.5) is 4.39 Å². The molecule has 0 bridgehead atoms. The Morgan fingerprint density at radius 3 is 2.75 bits per heavy atom. The second-order valence-electron chi connectivity index (χ2n) is 3.54. The number of amides is 1. The summed E-state index contributed by atoms with van der Waals surface area (Å²) in [7, 11) is 1.61. The molecule has 0 fully saturated rings. The minimum Gasteiger partial charge on any atom is -0.338 e. The molecule has 0 radical (unpaired) electrons. The summed E-state index contributed by atoms with van der Waals surface area (Å²) in [6, 6.07) is 4.23. The van der Waals surface area contributed by atoms with Crippen molar-refractivity contribution < 1.29 is 9.18 Å². The Kier molecular flexibility index (Phi) is 4.74. The molecule has 1 amide bonds. The van der Waals surface area contributed by atoms with E-state index in [0.717, 1.165) is 0 Å². The molecule has 0 spiro atoms. The Balaban J connectivity index is 2.96. The zero-order valence-electron chi connectivity index (χ0n) is 9.01. The molecule has 88 valence electrons. The predicted octanol–water partition coefficient (Wildman–Crippen LogP) is 3.29. The highest BCUT2D eigenvalue weighted by Crippen LogP contribution is 2.17. The molecule has 2 nitrogen and oxygen atoms in total. The lowest BCUT2D eigenvalue weighted by Gasteiger charge is -2.23. The normalized spacial score (nSPS) is 12.3. The van der Waals surface area contributed by atoms with Crippen molar-refractivity contribution in [3.63, 3.8) is 0 Å². The van der Waals surface area contributed by atoms with Gasteiger partial charge in [0.25, 0.3) is 5.91 Å². The highest BCUT2D eigenvalue weighted by Gasteiger charge is 2.19. The summed E-state index contributed by atoms with van der Waals surface area (Å²) >= 11 is 8.79. The number of nitrogens with zero attached hydrogens (tertiary/aromatic N) is 1. The minimum absolute atomic E-state index is 0.0580. The van der Waals surface area contributed by atoms with Gasteiger partial charge in [-0.1, -0.05) is 15.9 Å². The van der Waals surface area contributed by atoms with E-state index in [1.807, 2.05) is 6.92 Å². The SMILES string of the molecule is CC(CCl)N(C)C(=O)c1ccc(Br)cc1F. The molecular formula is C11H12BrClFNO. The minimum atomic E-state index is -0.534. The number of alkyl halides is 1. The molecule has 1 aromatic carbocycles. The third-order valence-electron chi connectivity index (χ3n) is 2.37. The number of hydrogen-bond acceptors (Lipinski definition) is 1. The van der Waals surface area contributed by atoms with Gasteiger partial charge in [-0.3, -0.25) is 4.79 Å². The van der Waals surface area contributed by atoms with Gasteiger partial charge in [-0.25, -0.2) is 4.39 Å². The van der Waals surface area contributed by atoms with E-state index in [2.05, 4.69) is 15.9 Å². The fourth-order valence-corrected chi connectivity index (χ4v) is 1.70. The van der Waals surface area contributed by atoms with Crippen molar-refractivity contribution in [2.24, 2.45) is 0 Å². The van der Waals surface area contributed by atoms with Gasteiger partial charge in [0, 0.05) is 23.4 Å². The predicted molar refractivity (Wildman–Crippen MR) is 66.4 cm³/mol. The van der Waals surface area contributed by atoms with Crippen molar-refractivity contribution in [2.75, 3.05) is 12.9 Å². The third kappa shape index (κ3) is 2.95. The van der Waals surface area contributed by atoms with E-state index >= 15 is 0 Å². The highest BCUT2D eigenvalue weighted by molar-refractivity contribution is 9.10. The van der Waals surface area contributed by atoms with Crippen LogP contribution in [0.3, 0.4) is 0 Å². The van der Waals surface area contributed by atoms with Gasteiger partial charge < -0.3 is 4.90 Å². The van der Waals surface area contributed by atoms with E-state index < -0.39 is 5.82 Å². The maximum atomic E-state index is 13.5. The largest absolute Gasteiger partial charge is 0.338 e. The molecule has 1 unspecified atom stereocenters. The van der Waals surface area contributed by atoms with Gasteiger partial charge >= 0.3 is 0 Å². The molecule has 1 atom stereocenters. The zero-order chi connectivity index (χ0) is 12.3. The van der Waals surface area contributed by atoms with Crippen molar-refractivity contribution in [3.05, 3.63) is 34.1 Å². The lowest BCUT2D eigenvalue weighted by atomic mass is 10.1. The van der Waals surface area contributed by atoms with Gasteiger partial charge in [0.05, 0.1) is 5.56 Å². The lowest BCUT2D eigenvalue weighted by Crippen LogP contribution is -2.36. The summed E-state index contributed by atoms with van der Waals surface area (Å²) in [5.74, 6) is -0.577. The van der Waals surface area contributed by atoms with Gasteiger partial charge in [-0.2, -0.15) is 0 Å². The summed E-state index contributed by atoms with van der Waals surface area (Å²) in [5, 5.41) is 0. The maximum absolute atomic E-state index is 13.5. The number of carbonyl (C=O) groups is 1. The van der Waals surface area contributed by atoms with Gasteiger partial charge in [0.1, 0.15) is 5.82 Å². The summed E-state index contributed by atoms with van der Waals surface area (Å²) < 4.78 is 14.1. The zero-order valence-corrected chi connectivity index (χ0v) is 11.3. The number of carbonyl (C=O) groups excluding carboxylic acids is 1. The first-order chi connectivity index (χ1) is 7.47. The summed E-state index contributed by atoms with van der Waals surface area (Å²) in [4.78, 5) is 13.3. The van der Waals surface area contributed by atoms with E-state index in [4.69, 9.17) is 11.6 Å². The molecule has 0 N–H and O–H groups in total. The molecule has 1 aromatic rings. The van der Waals surface area contributed by atoms with Gasteiger partial charge in [0.2, 0.25) is 0 Å². The van der Waals surface area contributed by atoms with Gasteiger partial charge in [0.15, 0.2) is 0 Å². The molecule has 0 aliphatic heterocycles. The van der Waals surface area contributed by atoms with E-state index in [1.165, 1.54) is 17.0 Å². The van der Waals surface area contributed by atoms with Crippen LogP contribution in [0.25, 0.3) is 0 Å². The van der Waals surface area contributed by atoms with Crippen molar-refractivity contribution >= 4 is 33.4 Å². The van der Waals surface area contributed by atoms with Crippen LogP contribution in [0.5, 0.6) is 0 Å². The van der Waals surface area contributed by atoms with E-state index in [9.17, 15) is 9.18 Å². The van der Waals surface area contributed by atoms with Crippen LogP contribution in [0, 0.1) is 5.82 Å². The summed E-state index contributed by atoms with van der Waals surface area (Å²) in [6.45, 7) is 1.81. The molecule has 16 heavy (non-hydrogen) atoms. The molecule has 1 rings (SSSR count). The molecule has 0 heterocycles. The van der Waals surface area contributed by atoms with Crippen molar-refractivity contribution in [2.45, 2.75) is 13.0 Å². The highest BCUT2D eigenvalue weighted by atomic mass is 79.9. The Morgan fingerprint density at radius 1 is 1.62 bits per heavy atom. The van der Waals surface area contributed by atoms with Gasteiger partial charge in [-0.05, 0) is 25.1 Å². The van der Waals surface area contributed by atoms with Gasteiger partial charge in [-0.15, -0.1) is 11.6 Å². The molecule has 0 aliphatic carbocycles. The fraction of sp³-hybridized carbons (Fsp3) is 0.364. The Hall–Kier alpha value is -0.610. The second-order valence-corrected chi connectivity index (χ2v) is 4.77. The lowest BCUT2D eigenvalue weighted by molar-refractivity contribution is 0.0752. The van der Waals surface area contributed by atoms with E-state index in [0.29, 0.717) is 10.4 Å². The topological polar surface area (TPSA) is 20.3 Å². The first-order valence-corrected chi connectivity index (χ1v) is 6.08. The van der Waals surface area contributed by atoms with Crippen LogP contribution < -0.4 is 0 Å². The Morgan fingerprint density at radius 2 is 2.25 bits per heavy atom. The molecule has 0 saturated heterocycles. The summed E-state index contributed by atoms with van der Waals surface area (Å²) in [6.07, 6.45) is 0. The maximum Gasteiger partial charge on any atom is 0.256 e. The average Bonchev–Trinajstić information content (AvgIpc) is 2.26. The van der Waals surface area contributed by atoms with E-state index in [1.54, 1.807) is 13.1 Å². The van der Waals surface area contributed by atoms with Crippen LogP contribution >= 0.6 is 27.5 Å². The number of rotatable bonds is 3. The summed E-state index contributed by atoms with van der Waals surface area (Å²) in [5.41, 5.74) is 0.0580. The first-order valence-electron chi connectivity index (χ1n) is 4.75. The second kappa shape index (κ2) is 5.64.